The van der Waals surface area contributed by atoms with E-state index in [4.69, 9.17) is 16.3 Å². The molecule has 1 amide bonds. The first-order valence-corrected chi connectivity index (χ1v) is 7.72. The van der Waals surface area contributed by atoms with Crippen molar-refractivity contribution in [3.8, 4) is 5.75 Å². The van der Waals surface area contributed by atoms with E-state index in [2.05, 4.69) is 5.32 Å². The number of methoxy groups -OCH3 is 1. The zero-order chi connectivity index (χ0) is 18.0. The second-order valence-corrected chi connectivity index (χ2v) is 5.75. The van der Waals surface area contributed by atoms with Gasteiger partial charge in [-0.1, -0.05) is 11.6 Å². The zero-order valence-corrected chi connectivity index (χ0v) is 14.0. The molecule has 25 heavy (non-hydrogen) atoms. The minimum atomic E-state index is -0.592. The van der Waals surface area contributed by atoms with Gasteiger partial charge in [-0.2, -0.15) is 0 Å². The van der Waals surface area contributed by atoms with Gasteiger partial charge >= 0.3 is 0 Å². The average molecular weight is 360 g/mol. The van der Waals surface area contributed by atoms with Crippen molar-refractivity contribution in [2.45, 2.75) is 6.54 Å². The van der Waals surface area contributed by atoms with Gasteiger partial charge in [0.15, 0.2) is 0 Å². The number of hydrogen-bond donors (Lipinski definition) is 1. The Balaban J connectivity index is 1.77. The van der Waals surface area contributed by atoms with Gasteiger partial charge in [0.1, 0.15) is 17.3 Å². The molecule has 1 heterocycles. The first-order chi connectivity index (χ1) is 12.0. The molecule has 3 rings (SSSR count). The second kappa shape index (κ2) is 6.82. The molecular weight excluding hydrogens is 346 g/mol. The van der Waals surface area contributed by atoms with Gasteiger partial charge in [-0.25, -0.2) is 0 Å². The Bertz CT molecular complexity index is 968. The maximum atomic E-state index is 12.3. The number of nitro benzene ring substituents is 1. The number of fused-ring (bicyclic) bond motifs is 1. The number of anilines is 1. The van der Waals surface area contributed by atoms with Crippen LogP contribution in [0.1, 0.15) is 0 Å². The van der Waals surface area contributed by atoms with E-state index in [9.17, 15) is 14.9 Å². The molecule has 8 heteroatoms. The van der Waals surface area contributed by atoms with Crippen LogP contribution in [0.2, 0.25) is 5.02 Å². The molecule has 0 aliphatic heterocycles. The largest absolute Gasteiger partial charge is 0.497 e. The number of nitrogens with one attached hydrogen (secondary N) is 1. The highest BCUT2D eigenvalue weighted by Crippen LogP contribution is 2.27. The van der Waals surface area contributed by atoms with Crippen LogP contribution in [0.5, 0.6) is 5.75 Å². The van der Waals surface area contributed by atoms with Crippen molar-refractivity contribution in [2.75, 3.05) is 12.4 Å². The maximum Gasteiger partial charge on any atom is 0.289 e. The fourth-order valence-electron chi connectivity index (χ4n) is 2.53. The smallest absolute Gasteiger partial charge is 0.289 e. The molecule has 128 valence electrons. The van der Waals surface area contributed by atoms with Crippen LogP contribution in [0.4, 0.5) is 11.4 Å². The molecular formula is C17H14ClN3O4. The molecule has 3 aromatic rings. The molecule has 0 aliphatic carbocycles. The fraction of sp³-hybridized carbons (Fsp3) is 0.118. The Labute approximate surface area is 147 Å². The Kier molecular flexibility index (Phi) is 4.58. The number of carbonyl (C=O) groups is 1. The third-order valence-corrected chi connectivity index (χ3v) is 4.04. The van der Waals surface area contributed by atoms with E-state index in [1.165, 1.54) is 18.2 Å². The van der Waals surface area contributed by atoms with E-state index in [1.807, 2.05) is 24.3 Å². The number of hydrogen-bond acceptors (Lipinski definition) is 4. The van der Waals surface area contributed by atoms with Gasteiger partial charge < -0.3 is 14.6 Å². The maximum absolute atomic E-state index is 12.3. The number of rotatable bonds is 5. The highest BCUT2D eigenvalue weighted by atomic mass is 35.5. The summed E-state index contributed by atoms with van der Waals surface area (Å²) in [5.41, 5.74) is 0.954. The van der Waals surface area contributed by atoms with E-state index in [0.717, 1.165) is 16.7 Å². The van der Waals surface area contributed by atoms with Crippen LogP contribution in [-0.2, 0) is 11.3 Å². The monoisotopic (exact) mass is 359 g/mol. The fourth-order valence-corrected chi connectivity index (χ4v) is 2.72. The van der Waals surface area contributed by atoms with Crippen LogP contribution in [0.25, 0.3) is 10.9 Å². The molecule has 0 atom stereocenters. The minimum Gasteiger partial charge on any atom is -0.497 e. The summed E-state index contributed by atoms with van der Waals surface area (Å²) in [6.45, 7) is 0.0756. The van der Waals surface area contributed by atoms with Crippen LogP contribution in [-0.4, -0.2) is 22.5 Å². The van der Waals surface area contributed by atoms with Gasteiger partial charge in [-0.15, -0.1) is 0 Å². The van der Waals surface area contributed by atoms with Crippen molar-refractivity contribution in [3.05, 3.63) is 63.8 Å². The van der Waals surface area contributed by atoms with Gasteiger partial charge in [0.2, 0.25) is 5.91 Å². The lowest BCUT2D eigenvalue weighted by atomic mass is 10.2. The van der Waals surface area contributed by atoms with E-state index in [-0.39, 0.29) is 23.2 Å². The highest BCUT2D eigenvalue weighted by Gasteiger charge is 2.14. The summed E-state index contributed by atoms with van der Waals surface area (Å²) in [6, 6.07) is 11.6. The molecule has 0 unspecified atom stereocenters. The van der Waals surface area contributed by atoms with Crippen molar-refractivity contribution >= 4 is 39.8 Å². The molecule has 0 fully saturated rings. The Morgan fingerprint density at radius 1 is 1.28 bits per heavy atom. The predicted molar refractivity (Wildman–Crippen MR) is 95.2 cm³/mol. The molecule has 0 bridgehead atoms. The number of nitrogens with zero attached hydrogens (tertiary/aromatic N) is 2. The quantitative estimate of drug-likeness (QED) is 0.553. The number of aromatic nitrogens is 1. The molecule has 0 saturated carbocycles. The number of halogens is 1. The lowest BCUT2D eigenvalue weighted by Crippen LogP contribution is -2.18. The molecule has 7 nitrogen and oxygen atoms in total. The third kappa shape index (κ3) is 3.56. The summed E-state index contributed by atoms with van der Waals surface area (Å²) < 4.78 is 6.96. The SMILES string of the molecule is COc1ccc2c(ccn2CC(=O)Nc2ccc(Cl)c([N+](=O)[O-])c2)c1. The first-order valence-electron chi connectivity index (χ1n) is 7.34. The van der Waals surface area contributed by atoms with Crippen molar-refractivity contribution in [1.29, 1.82) is 0 Å². The normalized spacial score (nSPS) is 10.6. The van der Waals surface area contributed by atoms with Gasteiger partial charge in [0, 0.05) is 28.9 Å². The van der Waals surface area contributed by atoms with E-state index >= 15 is 0 Å². The molecule has 1 aromatic heterocycles. The lowest BCUT2D eigenvalue weighted by molar-refractivity contribution is -0.384. The predicted octanol–water partition coefficient (Wildman–Crippen LogP) is 3.85. The second-order valence-electron chi connectivity index (χ2n) is 5.34. The summed E-state index contributed by atoms with van der Waals surface area (Å²) >= 11 is 5.76. The van der Waals surface area contributed by atoms with Crippen molar-refractivity contribution in [1.82, 2.24) is 4.57 Å². The molecule has 1 N–H and O–H groups in total. The minimum absolute atomic E-state index is 0.0216. The van der Waals surface area contributed by atoms with Crippen LogP contribution < -0.4 is 10.1 Å². The highest BCUT2D eigenvalue weighted by molar-refractivity contribution is 6.32. The van der Waals surface area contributed by atoms with E-state index in [1.54, 1.807) is 17.9 Å². The summed E-state index contributed by atoms with van der Waals surface area (Å²) in [7, 11) is 1.59. The number of benzene rings is 2. The summed E-state index contributed by atoms with van der Waals surface area (Å²) in [5, 5.41) is 14.5. The summed E-state index contributed by atoms with van der Waals surface area (Å²) in [5.74, 6) is 0.438. The lowest BCUT2D eigenvalue weighted by Gasteiger charge is -2.08. The molecule has 0 radical (unpaired) electrons. The molecule has 0 aliphatic rings. The van der Waals surface area contributed by atoms with Crippen LogP contribution in [0.15, 0.2) is 48.7 Å². The van der Waals surface area contributed by atoms with Crippen LogP contribution >= 0.6 is 11.6 Å². The molecule has 0 saturated heterocycles. The van der Waals surface area contributed by atoms with Gasteiger partial charge in [0.05, 0.1) is 12.0 Å². The molecule has 2 aromatic carbocycles. The van der Waals surface area contributed by atoms with E-state index in [0.29, 0.717) is 5.69 Å². The van der Waals surface area contributed by atoms with Crippen molar-refractivity contribution < 1.29 is 14.5 Å². The number of amides is 1. The Hall–Kier alpha value is -3.06. The van der Waals surface area contributed by atoms with Crippen molar-refractivity contribution in [3.63, 3.8) is 0 Å². The number of nitro groups is 1. The van der Waals surface area contributed by atoms with Crippen LogP contribution in [0.3, 0.4) is 0 Å². The van der Waals surface area contributed by atoms with Crippen molar-refractivity contribution in [2.24, 2.45) is 0 Å². The average Bonchev–Trinajstić information content (AvgIpc) is 2.98. The Morgan fingerprint density at radius 2 is 2.08 bits per heavy atom. The van der Waals surface area contributed by atoms with Gasteiger partial charge in [-0.05, 0) is 36.4 Å². The zero-order valence-electron chi connectivity index (χ0n) is 13.2. The van der Waals surface area contributed by atoms with E-state index < -0.39 is 4.92 Å². The van der Waals surface area contributed by atoms with Gasteiger partial charge in [-0.3, -0.25) is 14.9 Å². The topological polar surface area (TPSA) is 86.4 Å². The third-order valence-electron chi connectivity index (χ3n) is 3.72. The first kappa shape index (κ1) is 16.8. The number of carbonyl (C=O) groups excluding carboxylic acids is 1. The summed E-state index contributed by atoms with van der Waals surface area (Å²) in [4.78, 5) is 22.6. The standard InChI is InChI=1S/C17H14ClN3O4/c1-25-13-3-5-15-11(8-13)6-7-20(15)10-17(22)19-12-2-4-14(18)16(9-12)21(23)24/h2-9H,10H2,1H3,(H,19,22). The Morgan fingerprint density at radius 3 is 2.80 bits per heavy atom. The van der Waals surface area contributed by atoms with Gasteiger partial charge in [0.25, 0.3) is 5.69 Å². The molecule has 0 spiro atoms. The summed E-state index contributed by atoms with van der Waals surface area (Å²) in [6.07, 6.45) is 1.80. The van der Waals surface area contributed by atoms with Crippen LogP contribution in [0, 0.1) is 10.1 Å². The number of ether oxygens (including phenoxy) is 1.